The molecule has 0 spiro atoms. The lowest BCUT2D eigenvalue weighted by Gasteiger charge is -2.25. The van der Waals surface area contributed by atoms with Crippen LogP contribution in [0.1, 0.15) is 36.5 Å². The Morgan fingerprint density at radius 2 is 2.04 bits per heavy atom. The van der Waals surface area contributed by atoms with Crippen molar-refractivity contribution >= 4 is 27.3 Å². The third kappa shape index (κ3) is 2.60. The molecule has 1 saturated heterocycles. The molecule has 2 atom stereocenters. The second-order valence-corrected chi connectivity index (χ2v) is 8.93. The second-order valence-electron chi connectivity index (χ2n) is 6.94. The number of hydrogen-bond donors (Lipinski definition) is 1. The molecule has 1 saturated carbocycles. The van der Waals surface area contributed by atoms with E-state index < -0.39 is 21.2 Å². The van der Waals surface area contributed by atoms with Crippen LogP contribution in [0.15, 0.2) is 23.1 Å². The molecule has 1 aliphatic carbocycles. The smallest absolute Gasteiger partial charge is 0.311 e. The van der Waals surface area contributed by atoms with Crippen LogP contribution in [0.25, 0.3) is 0 Å². The van der Waals surface area contributed by atoms with E-state index in [1.165, 1.54) is 19.1 Å². The number of anilines is 1. The van der Waals surface area contributed by atoms with Gasteiger partial charge in [0.05, 0.1) is 16.0 Å². The third-order valence-electron chi connectivity index (χ3n) is 5.40. The van der Waals surface area contributed by atoms with Gasteiger partial charge >= 0.3 is 5.97 Å². The Bertz CT molecular complexity index is 816. The van der Waals surface area contributed by atoms with Gasteiger partial charge in [0.2, 0.25) is 0 Å². The fourth-order valence-corrected chi connectivity index (χ4v) is 5.00. The Morgan fingerprint density at radius 3 is 2.58 bits per heavy atom. The molecule has 0 amide bonds. The topological polar surface area (TPSA) is 91.8 Å². The maximum atomic E-state index is 12.1. The van der Waals surface area contributed by atoms with Crippen LogP contribution >= 0.6 is 0 Å². The van der Waals surface area contributed by atoms with Crippen molar-refractivity contribution in [2.45, 2.75) is 31.1 Å². The normalized spacial score (nSPS) is 26.4. The van der Waals surface area contributed by atoms with E-state index in [-0.39, 0.29) is 23.1 Å². The number of sulfone groups is 1. The van der Waals surface area contributed by atoms with Crippen LogP contribution in [0, 0.1) is 11.3 Å². The monoisotopic (exact) mass is 351 g/mol. The minimum atomic E-state index is -3.48. The number of nitrogens with zero attached hydrogens (tertiary/aromatic N) is 1. The average Bonchev–Trinajstić information content (AvgIpc) is 3.03. The number of carbonyl (C=O) groups is 2. The van der Waals surface area contributed by atoms with E-state index >= 15 is 0 Å². The quantitative estimate of drug-likeness (QED) is 0.834. The number of hydrogen-bond acceptors (Lipinski definition) is 5. The summed E-state index contributed by atoms with van der Waals surface area (Å²) in [7, 11) is -3.48. The number of carbonyl (C=O) groups excluding carboxylic acids is 1. The molecule has 0 radical (unpaired) electrons. The largest absolute Gasteiger partial charge is 0.481 e. The van der Waals surface area contributed by atoms with Crippen LogP contribution < -0.4 is 4.90 Å². The average molecular weight is 351 g/mol. The zero-order valence-corrected chi connectivity index (χ0v) is 14.6. The number of rotatable bonds is 4. The molecule has 6 nitrogen and oxygen atoms in total. The molecule has 24 heavy (non-hydrogen) atoms. The van der Waals surface area contributed by atoms with Crippen molar-refractivity contribution in [1.82, 2.24) is 0 Å². The van der Waals surface area contributed by atoms with E-state index in [1.54, 1.807) is 6.07 Å². The third-order valence-corrected chi connectivity index (χ3v) is 6.55. The molecule has 0 aromatic heterocycles. The molecule has 0 unspecified atom stereocenters. The fraction of sp³-hybridized carbons (Fsp3) is 0.529. The number of carboxylic acids is 1. The Kier molecular flexibility index (Phi) is 3.94. The van der Waals surface area contributed by atoms with Crippen molar-refractivity contribution in [3.8, 4) is 0 Å². The van der Waals surface area contributed by atoms with Gasteiger partial charge in [0.15, 0.2) is 15.6 Å². The first-order valence-corrected chi connectivity index (χ1v) is 9.88. The van der Waals surface area contributed by atoms with E-state index in [2.05, 4.69) is 0 Å². The molecule has 1 heterocycles. The summed E-state index contributed by atoms with van der Waals surface area (Å²) in [5, 5.41) is 9.71. The number of Topliss-reactive ketones (excluding diaryl/α,β-unsaturated/α-hetero) is 1. The van der Waals surface area contributed by atoms with E-state index in [1.807, 2.05) is 4.90 Å². The SMILES string of the molecule is CC(=O)c1ccc(S(C)(=O)=O)c(N2C[C@@H]3CCC[C@@]3(C(=O)O)C2)c1. The van der Waals surface area contributed by atoms with E-state index in [0.29, 0.717) is 24.2 Å². The molecule has 1 aromatic carbocycles. The molecule has 0 bridgehead atoms. The van der Waals surface area contributed by atoms with Crippen molar-refractivity contribution in [3.05, 3.63) is 23.8 Å². The van der Waals surface area contributed by atoms with Gasteiger partial charge in [-0.25, -0.2) is 8.42 Å². The van der Waals surface area contributed by atoms with Gasteiger partial charge in [0.25, 0.3) is 0 Å². The van der Waals surface area contributed by atoms with Gasteiger partial charge in [-0.2, -0.15) is 0 Å². The van der Waals surface area contributed by atoms with Crippen molar-refractivity contribution in [3.63, 3.8) is 0 Å². The Hall–Kier alpha value is -1.89. The van der Waals surface area contributed by atoms with Gasteiger partial charge in [-0.3, -0.25) is 9.59 Å². The number of carboxylic acid groups (broad SMARTS) is 1. The molecule has 2 aliphatic rings. The highest BCUT2D eigenvalue weighted by atomic mass is 32.2. The van der Waals surface area contributed by atoms with Gasteiger partial charge < -0.3 is 10.0 Å². The summed E-state index contributed by atoms with van der Waals surface area (Å²) in [6, 6.07) is 4.53. The van der Waals surface area contributed by atoms with Gasteiger partial charge in [-0.15, -0.1) is 0 Å². The molecule has 1 aliphatic heterocycles. The Balaban J connectivity index is 2.08. The molecule has 3 rings (SSSR count). The number of ketones is 1. The number of benzene rings is 1. The van der Waals surface area contributed by atoms with Crippen molar-refractivity contribution in [1.29, 1.82) is 0 Å². The molecule has 2 fully saturated rings. The highest BCUT2D eigenvalue weighted by Gasteiger charge is 2.55. The minimum absolute atomic E-state index is 0.0170. The lowest BCUT2D eigenvalue weighted by atomic mass is 9.81. The summed E-state index contributed by atoms with van der Waals surface area (Å²) in [4.78, 5) is 25.5. The summed E-state index contributed by atoms with van der Waals surface area (Å²) in [5.74, 6) is -0.942. The van der Waals surface area contributed by atoms with Crippen LogP contribution in [0.5, 0.6) is 0 Å². The number of aliphatic carboxylic acids is 1. The van der Waals surface area contributed by atoms with Crippen LogP contribution in [-0.2, 0) is 14.6 Å². The Morgan fingerprint density at radius 1 is 1.33 bits per heavy atom. The highest BCUT2D eigenvalue weighted by molar-refractivity contribution is 7.90. The zero-order chi connectivity index (χ0) is 17.7. The molecule has 7 heteroatoms. The van der Waals surface area contributed by atoms with Crippen molar-refractivity contribution in [2.24, 2.45) is 11.3 Å². The standard InChI is InChI=1S/C17H21NO5S/c1-11(19)12-5-6-15(24(2,22)23)14(8-12)18-9-13-4-3-7-17(13,10-18)16(20)21/h5-6,8,13H,3-4,7,9-10H2,1-2H3,(H,20,21)/t13-,17+/m0/s1. The maximum absolute atomic E-state index is 12.1. The first-order chi connectivity index (χ1) is 11.1. The van der Waals surface area contributed by atoms with Crippen LogP contribution in [0.4, 0.5) is 5.69 Å². The summed E-state index contributed by atoms with van der Waals surface area (Å²) in [5.41, 5.74) is 0.0696. The first-order valence-electron chi connectivity index (χ1n) is 7.98. The zero-order valence-electron chi connectivity index (χ0n) is 13.8. The van der Waals surface area contributed by atoms with Crippen LogP contribution in [-0.4, -0.2) is 44.6 Å². The van der Waals surface area contributed by atoms with Gasteiger partial charge in [-0.1, -0.05) is 6.42 Å². The van der Waals surface area contributed by atoms with Gasteiger partial charge in [-0.05, 0) is 43.9 Å². The minimum Gasteiger partial charge on any atom is -0.481 e. The summed E-state index contributed by atoms with van der Waals surface area (Å²) < 4.78 is 24.2. The summed E-state index contributed by atoms with van der Waals surface area (Å²) >= 11 is 0. The fourth-order valence-electron chi connectivity index (χ4n) is 4.12. The number of fused-ring (bicyclic) bond motifs is 1. The van der Waals surface area contributed by atoms with Gasteiger partial charge in [0, 0.05) is 24.9 Å². The van der Waals surface area contributed by atoms with E-state index in [0.717, 1.165) is 19.1 Å². The lowest BCUT2D eigenvalue weighted by molar-refractivity contribution is -0.149. The van der Waals surface area contributed by atoms with Crippen molar-refractivity contribution < 1.29 is 23.1 Å². The summed E-state index contributed by atoms with van der Waals surface area (Å²) in [6.45, 7) is 2.23. The van der Waals surface area contributed by atoms with Crippen LogP contribution in [0.2, 0.25) is 0 Å². The predicted molar refractivity (Wildman–Crippen MR) is 89.2 cm³/mol. The van der Waals surface area contributed by atoms with Gasteiger partial charge in [0.1, 0.15) is 0 Å². The predicted octanol–water partition coefficient (Wildman–Crippen LogP) is 1.98. The molecule has 1 aromatic rings. The molecule has 1 N–H and O–H groups in total. The summed E-state index contributed by atoms with van der Waals surface area (Å²) in [6.07, 6.45) is 3.47. The van der Waals surface area contributed by atoms with E-state index in [9.17, 15) is 23.1 Å². The maximum Gasteiger partial charge on any atom is 0.311 e. The van der Waals surface area contributed by atoms with E-state index in [4.69, 9.17) is 0 Å². The Labute approximate surface area is 141 Å². The molecular weight excluding hydrogens is 330 g/mol. The lowest BCUT2D eigenvalue weighted by Crippen LogP contribution is -2.36. The second kappa shape index (κ2) is 5.58. The van der Waals surface area contributed by atoms with Crippen molar-refractivity contribution in [2.75, 3.05) is 24.2 Å². The van der Waals surface area contributed by atoms with Crippen LogP contribution in [0.3, 0.4) is 0 Å². The molecule has 130 valence electrons. The molecular formula is C17H21NO5S. The first kappa shape index (κ1) is 17.0. The highest BCUT2D eigenvalue weighted by Crippen LogP contribution is 2.50.